The van der Waals surface area contributed by atoms with E-state index in [0.717, 1.165) is 42.3 Å². The number of methoxy groups -OCH3 is 1. The van der Waals surface area contributed by atoms with Gasteiger partial charge in [0.15, 0.2) is 0 Å². The molecule has 2 aromatic rings. The van der Waals surface area contributed by atoms with Crippen molar-refractivity contribution in [3.63, 3.8) is 0 Å². The van der Waals surface area contributed by atoms with Crippen LogP contribution in [0.4, 0.5) is 0 Å². The van der Waals surface area contributed by atoms with Gasteiger partial charge in [0.1, 0.15) is 0 Å². The van der Waals surface area contributed by atoms with Crippen LogP contribution in [0, 0.1) is 0 Å². The van der Waals surface area contributed by atoms with Crippen molar-refractivity contribution in [2.45, 2.75) is 38.0 Å². The van der Waals surface area contributed by atoms with Gasteiger partial charge in [-0.15, -0.1) is 0 Å². The van der Waals surface area contributed by atoms with E-state index in [-0.39, 0.29) is 18.1 Å². The molecule has 1 saturated carbocycles. The van der Waals surface area contributed by atoms with Crippen LogP contribution in [0.5, 0.6) is 0 Å². The first-order valence-electron chi connectivity index (χ1n) is 8.79. The molecule has 4 rings (SSSR count). The lowest BCUT2D eigenvalue weighted by atomic mass is 10.1. The first-order valence-corrected chi connectivity index (χ1v) is 8.79. The summed E-state index contributed by atoms with van der Waals surface area (Å²) in [5.74, 6) is 0.141. The number of nitrogens with zero attached hydrogens (tertiary/aromatic N) is 2. The molecular weight excluding hydrogens is 304 g/mol. The van der Waals surface area contributed by atoms with Crippen LogP contribution in [0.2, 0.25) is 0 Å². The minimum atomic E-state index is 0.141. The Morgan fingerprint density at radius 1 is 1.33 bits per heavy atom. The van der Waals surface area contributed by atoms with Crippen LogP contribution >= 0.6 is 0 Å². The second kappa shape index (κ2) is 6.57. The van der Waals surface area contributed by atoms with E-state index >= 15 is 0 Å². The van der Waals surface area contributed by atoms with E-state index in [1.165, 1.54) is 0 Å². The van der Waals surface area contributed by atoms with Gasteiger partial charge in [-0.05, 0) is 25.3 Å². The van der Waals surface area contributed by atoms with Crippen LogP contribution in [0.15, 0.2) is 30.5 Å². The number of rotatable bonds is 4. The molecule has 5 heteroatoms. The monoisotopic (exact) mass is 328 g/mol. The summed E-state index contributed by atoms with van der Waals surface area (Å²) in [6.07, 6.45) is 5.49. The molecule has 1 aliphatic heterocycles. The number of hydrogen-bond acceptors (Lipinski definition) is 3. The van der Waals surface area contributed by atoms with Crippen LogP contribution in [-0.4, -0.2) is 54.4 Å². The third kappa shape index (κ3) is 2.62. The summed E-state index contributed by atoms with van der Waals surface area (Å²) in [5.41, 5.74) is 1.89. The Bertz CT molecular complexity index is 739. The zero-order chi connectivity index (χ0) is 16.5. The number of amides is 1. The summed E-state index contributed by atoms with van der Waals surface area (Å²) >= 11 is 0. The average molecular weight is 328 g/mol. The molecule has 0 unspecified atom stereocenters. The maximum Gasteiger partial charge on any atom is 0.256 e. The third-order valence-electron chi connectivity index (χ3n) is 5.30. The van der Waals surface area contributed by atoms with Gasteiger partial charge in [0.25, 0.3) is 5.91 Å². The first-order chi connectivity index (χ1) is 11.8. The van der Waals surface area contributed by atoms with Crippen LogP contribution in [0.1, 0.15) is 29.6 Å². The molecule has 1 aliphatic carbocycles. The zero-order valence-corrected chi connectivity index (χ0v) is 14.1. The highest BCUT2D eigenvalue weighted by molar-refractivity contribution is 6.07. The normalized spacial score (nSPS) is 23.6. The highest BCUT2D eigenvalue weighted by atomic mass is 16.5. The topological polar surface area (TPSA) is 43.7 Å². The third-order valence-corrected chi connectivity index (χ3v) is 5.30. The summed E-state index contributed by atoms with van der Waals surface area (Å²) in [6, 6.07) is 8.36. The molecule has 2 atom stereocenters. The minimum absolute atomic E-state index is 0.141. The number of para-hydroxylation sites is 1. The van der Waals surface area contributed by atoms with Crippen LogP contribution in [0.25, 0.3) is 10.9 Å². The molecule has 2 heterocycles. The average Bonchev–Trinajstić information content (AvgIpc) is 3.24. The van der Waals surface area contributed by atoms with Gasteiger partial charge in [-0.2, -0.15) is 0 Å². The van der Waals surface area contributed by atoms with E-state index in [1.807, 2.05) is 29.3 Å². The molecule has 1 aromatic carbocycles. The minimum Gasteiger partial charge on any atom is -0.383 e. The number of ether oxygens (including phenoxy) is 2. The Labute approximate surface area is 142 Å². The number of hydrogen-bond donors (Lipinski definition) is 0. The fourth-order valence-corrected chi connectivity index (χ4v) is 4.12. The quantitative estimate of drug-likeness (QED) is 0.867. The smallest absolute Gasteiger partial charge is 0.256 e. The van der Waals surface area contributed by atoms with Crippen LogP contribution in [0.3, 0.4) is 0 Å². The summed E-state index contributed by atoms with van der Waals surface area (Å²) < 4.78 is 13.2. The molecule has 0 radical (unpaired) electrons. The van der Waals surface area contributed by atoms with E-state index in [4.69, 9.17) is 9.47 Å². The fraction of sp³-hybridized carbons (Fsp3) is 0.526. The molecular formula is C19H24N2O3. The molecule has 0 N–H and O–H groups in total. The van der Waals surface area contributed by atoms with Gasteiger partial charge in [0.05, 0.1) is 30.9 Å². The van der Waals surface area contributed by atoms with E-state index in [2.05, 4.69) is 10.6 Å². The number of morpholine rings is 1. The van der Waals surface area contributed by atoms with Gasteiger partial charge >= 0.3 is 0 Å². The van der Waals surface area contributed by atoms with Crippen molar-refractivity contribution in [3.8, 4) is 0 Å². The van der Waals surface area contributed by atoms with Gasteiger partial charge in [-0.25, -0.2) is 0 Å². The largest absolute Gasteiger partial charge is 0.383 e. The predicted molar refractivity (Wildman–Crippen MR) is 92.2 cm³/mol. The van der Waals surface area contributed by atoms with Gasteiger partial charge in [-0.1, -0.05) is 18.2 Å². The molecule has 2 aliphatic rings. The maximum absolute atomic E-state index is 13.3. The zero-order valence-electron chi connectivity index (χ0n) is 14.1. The number of fused-ring (bicyclic) bond motifs is 2. The maximum atomic E-state index is 13.3. The summed E-state index contributed by atoms with van der Waals surface area (Å²) in [4.78, 5) is 15.3. The van der Waals surface area contributed by atoms with Crippen LogP contribution in [-0.2, 0) is 16.0 Å². The van der Waals surface area contributed by atoms with Crippen molar-refractivity contribution in [3.05, 3.63) is 36.0 Å². The van der Waals surface area contributed by atoms with E-state index in [1.54, 1.807) is 7.11 Å². The number of aromatic nitrogens is 1. The highest BCUT2D eigenvalue weighted by Gasteiger charge is 2.39. The molecule has 1 amide bonds. The lowest BCUT2D eigenvalue weighted by molar-refractivity contribution is -0.0444. The summed E-state index contributed by atoms with van der Waals surface area (Å²) in [7, 11) is 1.70. The molecule has 1 aromatic heterocycles. The van der Waals surface area contributed by atoms with Crippen molar-refractivity contribution in [2.24, 2.45) is 0 Å². The molecule has 128 valence electrons. The number of benzene rings is 1. The van der Waals surface area contributed by atoms with Crippen molar-refractivity contribution < 1.29 is 14.3 Å². The molecule has 2 fully saturated rings. The lowest BCUT2D eigenvalue weighted by Crippen LogP contribution is -2.51. The van der Waals surface area contributed by atoms with Gasteiger partial charge < -0.3 is 18.9 Å². The Hall–Kier alpha value is -1.85. The SMILES string of the molecule is COCCn1cc(C(=O)N2CCO[C@@H]3CCC[C@@H]32)c2ccccc21. The molecule has 24 heavy (non-hydrogen) atoms. The Kier molecular flexibility index (Phi) is 4.29. The Morgan fingerprint density at radius 3 is 3.08 bits per heavy atom. The molecule has 0 spiro atoms. The first kappa shape index (κ1) is 15.7. The summed E-state index contributed by atoms with van der Waals surface area (Å²) in [5, 5.41) is 1.03. The van der Waals surface area contributed by atoms with Gasteiger partial charge in [0, 0.05) is 37.3 Å². The van der Waals surface area contributed by atoms with Crippen molar-refractivity contribution in [1.82, 2.24) is 9.47 Å². The van der Waals surface area contributed by atoms with Crippen molar-refractivity contribution in [2.75, 3.05) is 26.9 Å². The molecule has 1 saturated heterocycles. The standard InChI is InChI=1S/C19H24N2O3/c1-23-11-9-20-13-15(14-5-2-3-6-16(14)20)19(22)21-10-12-24-18-8-4-7-17(18)21/h2-3,5-6,13,17-18H,4,7-12H2,1H3/t17-,18+/m0/s1. The lowest BCUT2D eigenvalue weighted by Gasteiger charge is -2.37. The second-order valence-corrected chi connectivity index (χ2v) is 6.65. The van der Waals surface area contributed by atoms with E-state index < -0.39 is 0 Å². The highest BCUT2D eigenvalue weighted by Crippen LogP contribution is 2.32. The van der Waals surface area contributed by atoms with Gasteiger partial charge in [-0.3, -0.25) is 4.79 Å². The van der Waals surface area contributed by atoms with Crippen molar-refractivity contribution >= 4 is 16.8 Å². The second-order valence-electron chi connectivity index (χ2n) is 6.65. The predicted octanol–water partition coefficient (Wildman–Crippen LogP) is 2.68. The van der Waals surface area contributed by atoms with Crippen LogP contribution < -0.4 is 0 Å². The fourth-order valence-electron chi connectivity index (χ4n) is 4.12. The summed E-state index contributed by atoms with van der Waals surface area (Å²) in [6.45, 7) is 2.72. The molecule has 0 bridgehead atoms. The number of carbonyl (C=O) groups is 1. The Balaban J connectivity index is 1.69. The van der Waals surface area contributed by atoms with Crippen molar-refractivity contribution in [1.29, 1.82) is 0 Å². The Morgan fingerprint density at radius 2 is 2.21 bits per heavy atom. The van der Waals surface area contributed by atoms with Gasteiger partial charge in [0.2, 0.25) is 0 Å². The van der Waals surface area contributed by atoms with E-state index in [0.29, 0.717) is 19.8 Å². The number of carbonyl (C=O) groups excluding carboxylic acids is 1. The molecule has 5 nitrogen and oxygen atoms in total. The van der Waals surface area contributed by atoms with E-state index in [9.17, 15) is 4.79 Å².